The van der Waals surface area contributed by atoms with E-state index in [1.54, 1.807) is 11.8 Å². The molecule has 2 heterocycles. The Kier molecular flexibility index (Phi) is 3.22. The number of para-hydroxylation sites is 1. The Balaban J connectivity index is 2.02. The minimum absolute atomic E-state index is 0.290. The van der Waals surface area contributed by atoms with Gasteiger partial charge in [-0.05, 0) is 32.9 Å². The van der Waals surface area contributed by atoms with Gasteiger partial charge in [0.2, 0.25) is 0 Å². The zero-order valence-electron chi connectivity index (χ0n) is 11.8. The fourth-order valence-electron chi connectivity index (χ4n) is 2.20. The smallest absolute Gasteiger partial charge is 0.124 e. The minimum atomic E-state index is 0.290. The van der Waals surface area contributed by atoms with E-state index in [-0.39, 0.29) is 6.04 Å². The van der Waals surface area contributed by atoms with Crippen molar-refractivity contribution in [2.75, 3.05) is 5.73 Å². The first-order valence-corrected chi connectivity index (χ1v) is 7.48. The second kappa shape index (κ2) is 4.90. The molecule has 0 atom stereocenters. The monoisotopic (exact) mass is 286 g/mol. The van der Waals surface area contributed by atoms with Gasteiger partial charge in [0.05, 0.1) is 16.4 Å². The number of fused-ring (bicyclic) bond motifs is 1. The summed E-state index contributed by atoms with van der Waals surface area (Å²) in [6.45, 7) is 6.17. The number of anilines is 1. The zero-order valence-corrected chi connectivity index (χ0v) is 12.7. The van der Waals surface area contributed by atoms with Crippen LogP contribution in [0.1, 0.15) is 25.6 Å². The molecule has 0 radical (unpaired) electrons. The topological polar surface area (TPSA) is 59.6 Å². The lowest BCUT2D eigenvalue weighted by molar-refractivity contribution is 0.491. The van der Waals surface area contributed by atoms with Crippen LogP contribution in [0.3, 0.4) is 0 Å². The third kappa shape index (κ3) is 2.18. The van der Waals surface area contributed by atoms with Gasteiger partial charge >= 0.3 is 0 Å². The van der Waals surface area contributed by atoms with Gasteiger partial charge in [0, 0.05) is 16.9 Å². The molecule has 0 saturated carbocycles. The predicted octanol–water partition coefficient (Wildman–Crippen LogP) is 3.99. The van der Waals surface area contributed by atoms with E-state index < -0.39 is 0 Å². The summed E-state index contributed by atoms with van der Waals surface area (Å²) in [6, 6.07) is 10.7. The molecule has 0 aliphatic heterocycles. The van der Waals surface area contributed by atoms with E-state index in [4.69, 9.17) is 5.73 Å². The summed E-state index contributed by atoms with van der Waals surface area (Å²) in [5, 5.41) is 7.81. The van der Waals surface area contributed by atoms with Gasteiger partial charge in [-0.2, -0.15) is 5.10 Å². The Morgan fingerprint density at radius 2 is 2.05 bits per heavy atom. The van der Waals surface area contributed by atoms with E-state index >= 15 is 0 Å². The SMILES string of the molecule is Cc1nn(C(C)C)c(Sc2cc3ccccc3[nH]2)c1N. The van der Waals surface area contributed by atoms with Crippen molar-refractivity contribution in [3.63, 3.8) is 0 Å². The van der Waals surface area contributed by atoms with Crippen molar-refractivity contribution >= 4 is 28.4 Å². The third-order valence-electron chi connectivity index (χ3n) is 3.29. The van der Waals surface area contributed by atoms with Crippen molar-refractivity contribution < 1.29 is 0 Å². The molecule has 2 aromatic heterocycles. The maximum Gasteiger partial charge on any atom is 0.124 e. The second-order valence-corrected chi connectivity index (χ2v) is 6.20. The number of nitrogen functional groups attached to an aromatic ring is 1. The van der Waals surface area contributed by atoms with Crippen molar-refractivity contribution in [3.8, 4) is 0 Å². The van der Waals surface area contributed by atoms with Gasteiger partial charge in [-0.15, -0.1) is 0 Å². The normalized spacial score (nSPS) is 11.6. The molecule has 4 nitrogen and oxygen atoms in total. The summed E-state index contributed by atoms with van der Waals surface area (Å²) in [5.41, 5.74) is 8.96. The van der Waals surface area contributed by atoms with Crippen molar-refractivity contribution in [1.82, 2.24) is 14.8 Å². The van der Waals surface area contributed by atoms with Crippen LogP contribution in [-0.4, -0.2) is 14.8 Å². The van der Waals surface area contributed by atoms with E-state index in [0.717, 1.165) is 26.9 Å². The van der Waals surface area contributed by atoms with Crippen molar-refractivity contribution in [2.45, 2.75) is 36.9 Å². The maximum absolute atomic E-state index is 6.17. The number of H-pyrrole nitrogens is 1. The summed E-state index contributed by atoms with van der Waals surface area (Å²) in [7, 11) is 0. The van der Waals surface area contributed by atoms with E-state index in [9.17, 15) is 0 Å². The van der Waals surface area contributed by atoms with Crippen LogP contribution >= 0.6 is 11.8 Å². The van der Waals surface area contributed by atoms with Gasteiger partial charge in [-0.3, -0.25) is 4.68 Å². The van der Waals surface area contributed by atoms with Crippen molar-refractivity contribution in [3.05, 3.63) is 36.0 Å². The number of benzene rings is 1. The summed E-state index contributed by atoms with van der Waals surface area (Å²) in [4.78, 5) is 3.41. The molecular weight excluding hydrogens is 268 g/mol. The highest BCUT2D eigenvalue weighted by Crippen LogP contribution is 2.36. The molecule has 0 amide bonds. The Bertz CT molecular complexity index is 721. The van der Waals surface area contributed by atoms with Crippen LogP contribution in [-0.2, 0) is 0 Å². The molecule has 0 aliphatic carbocycles. The van der Waals surface area contributed by atoms with E-state index in [0.29, 0.717) is 0 Å². The average molecular weight is 286 g/mol. The van der Waals surface area contributed by atoms with Gasteiger partial charge in [0.15, 0.2) is 0 Å². The minimum Gasteiger partial charge on any atom is -0.395 e. The Morgan fingerprint density at radius 1 is 1.30 bits per heavy atom. The molecule has 0 aliphatic rings. The molecule has 3 N–H and O–H groups in total. The fraction of sp³-hybridized carbons (Fsp3) is 0.267. The van der Waals surface area contributed by atoms with E-state index in [2.05, 4.69) is 42.1 Å². The Morgan fingerprint density at radius 3 is 2.75 bits per heavy atom. The number of hydrogen-bond donors (Lipinski definition) is 2. The first kappa shape index (κ1) is 13.1. The van der Waals surface area contributed by atoms with Gasteiger partial charge in [-0.25, -0.2) is 0 Å². The van der Waals surface area contributed by atoms with Crippen molar-refractivity contribution in [1.29, 1.82) is 0 Å². The molecule has 0 spiro atoms. The number of nitrogens with zero attached hydrogens (tertiary/aromatic N) is 2. The highest BCUT2D eigenvalue weighted by molar-refractivity contribution is 7.99. The number of aromatic amines is 1. The highest BCUT2D eigenvalue weighted by atomic mass is 32.2. The molecule has 20 heavy (non-hydrogen) atoms. The molecule has 1 aromatic carbocycles. The van der Waals surface area contributed by atoms with Crippen LogP contribution in [0.25, 0.3) is 10.9 Å². The number of aromatic nitrogens is 3. The molecule has 5 heteroatoms. The van der Waals surface area contributed by atoms with Gasteiger partial charge in [-0.1, -0.05) is 30.0 Å². The number of aryl methyl sites for hydroxylation is 1. The van der Waals surface area contributed by atoms with Gasteiger partial charge in [0.1, 0.15) is 5.03 Å². The highest BCUT2D eigenvalue weighted by Gasteiger charge is 2.16. The molecular formula is C15H18N4S. The number of nitrogens with two attached hydrogens (primary N) is 1. The van der Waals surface area contributed by atoms with Crippen molar-refractivity contribution in [2.24, 2.45) is 0 Å². The second-order valence-electron chi connectivity index (χ2n) is 5.17. The maximum atomic E-state index is 6.17. The number of nitrogens with one attached hydrogen (secondary N) is 1. The summed E-state index contributed by atoms with van der Waals surface area (Å²) < 4.78 is 1.99. The Hall–Kier alpha value is -1.88. The average Bonchev–Trinajstić information content (AvgIpc) is 2.94. The van der Waals surface area contributed by atoms with Crippen LogP contribution in [0, 0.1) is 6.92 Å². The molecule has 0 unspecified atom stereocenters. The van der Waals surface area contributed by atoms with Crippen LogP contribution in [0.5, 0.6) is 0 Å². The molecule has 0 saturated heterocycles. The fourth-order valence-corrected chi connectivity index (χ4v) is 3.35. The first-order valence-electron chi connectivity index (χ1n) is 6.66. The summed E-state index contributed by atoms with van der Waals surface area (Å²) in [5.74, 6) is 0. The van der Waals surface area contributed by atoms with E-state index in [1.807, 2.05) is 23.7 Å². The largest absolute Gasteiger partial charge is 0.395 e. The van der Waals surface area contributed by atoms with Crippen LogP contribution in [0.15, 0.2) is 40.4 Å². The van der Waals surface area contributed by atoms with Gasteiger partial charge in [0.25, 0.3) is 0 Å². The van der Waals surface area contributed by atoms with Crippen LogP contribution in [0.4, 0.5) is 5.69 Å². The lowest BCUT2D eigenvalue weighted by Gasteiger charge is -2.10. The zero-order chi connectivity index (χ0) is 14.3. The number of rotatable bonds is 3. The summed E-state index contributed by atoms with van der Waals surface area (Å²) >= 11 is 1.64. The molecule has 104 valence electrons. The van der Waals surface area contributed by atoms with Gasteiger partial charge < -0.3 is 10.7 Å². The van der Waals surface area contributed by atoms with Crippen LogP contribution in [0.2, 0.25) is 0 Å². The predicted molar refractivity (Wildman–Crippen MR) is 84.2 cm³/mol. The van der Waals surface area contributed by atoms with Crippen LogP contribution < -0.4 is 5.73 Å². The lowest BCUT2D eigenvalue weighted by Crippen LogP contribution is -2.04. The third-order valence-corrected chi connectivity index (χ3v) is 4.33. The molecule has 0 bridgehead atoms. The molecule has 0 fully saturated rings. The molecule has 3 aromatic rings. The summed E-state index contributed by atoms with van der Waals surface area (Å²) in [6.07, 6.45) is 0. The Labute approximate surface area is 122 Å². The first-order chi connectivity index (χ1) is 9.56. The number of hydrogen-bond acceptors (Lipinski definition) is 3. The standard InChI is InChI=1S/C15H18N4S/c1-9(2)19-15(14(16)10(3)18-19)20-13-8-11-6-4-5-7-12(11)17-13/h4-9,17H,16H2,1-3H3. The molecule has 3 rings (SSSR count). The van der Waals surface area contributed by atoms with E-state index in [1.165, 1.54) is 5.39 Å². The quantitative estimate of drug-likeness (QED) is 0.765. The lowest BCUT2D eigenvalue weighted by atomic mass is 10.3.